The van der Waals surface area contributed by atoms with E-state index in [9.17, 15) is 9.90 Å². The molecule has 4 nitrogen and oxygen atoms in total. The molecule has 0 aliphatic heterocycles. The smallest absolute Gasteiger partial charge is 0.331 e. The molecule has 96 valence electrons. The number of carboxylic acids is 1. The van der Waals surface area contributed by atoms with Crippen molar-refractivity contribution in [2.24, 2.45) is 0 Å². The molecule has 1 heterocycles. The van der Waals surface area contributed by atoms with Crippen molar-refractivity contribution in [3.8, 4) is 6.07 Å². The van der Waals surface area contributed by atoms with E-state index < -0.39 is 12.0 Å². The highest BCUT2D eigenvalue weighted by Crippen LogP contribution is 2.27. The van der Waals surface area contributed by atoms with Crippen LogP contribution in [0.3, 0.4) is 0 Å². The summed E-state index contributed by atoms with van der Waals surface area (Å²) in [5.74, 6) is -0.921. The third-order valence-electron chi connectivity index (χ3n) is 2.74. The summed E-state index contributed by atoms with van der Waals surface area (Å²) < 4.78 is 0. The fraction of sp³-hybridized carbons (Fsp3) is 0.143. The van der Waals surface area contributed by atoms with Gasteiger partial charge in [0.2, 0.25) is 0 Å². The van der Waals surface area contributed by atoms with Crippen LogP contribution in [0.2, 0.25) is 0 Å². The van der Waals surface area contributed by atoms with E-state index in [2.05, 4.69) is 5.32 Å². The Morgan fingerprint density at radius 3 is 2.53 bits per heavy atom. The molecule has 0 spiro atoms. The molecule has 0 aliphatic rings. The van der Waals surface area contributed by atoms with Gasteiger partial charge in [-0.25, -0.2) is 4.79 Å². The van der Waals surface area contributed by atoms with Crippen LogP contribution < -0.4 is 5.32 Å². The van der Waals surface area contributed by atoms with Gasteiger partial charge in [-0.3, -0.25) is 0 Å². The highest BCUT2D eigenvalue weighted by Gasteiger charge is 2.22. The number of carboxylic acid groups (broad SMARTS) is 1. The van der Waals surface area contributed by atoms with Gasteiger partial charge in [0.25, 0.3) is 0 Å². The molecule has 0 bridgehead atoms. The standard InChI is InChI=1S/C14H12N2O2S/c1-9-6-7-19-13(9)12(14(17)18)16-11-4-2-10(8-15)3-5-11/h2-7,12,16H,1H3,(H,17,18). The summed E-state index contributed by atoms with van der Waals surface area (Å²) in [6.45, 7) is 1.89. The van der Waals surface area contributed by atoms with E-state index in [0.717, 1.165) is 10.4 Å². The highest BCUT2D eigenvalue weighted by molar-refractivity contribution is 7.10. The first-order valence-electron chi connectivity index (χ1n) is 5.65. The van der Waals surface area contributed by atoms with Crippen molar-refractivity contribution in [3.63, 3.8) is 0 Å². The molecule has 0 radical (unpaired) electrons. The number of aryl methyl sites for hydroxylation is 1. The number of thiophene rings is 1. The molecule has 1 unspecified atom stereocenters. The van der Waals surface area contributed by atoms with Gasteiger partial charge in [-0.1, -0.05) is 0 Å². The van der Waals surface area contributed by atoms with E-state index in [4.69, 9.17) is 5.26 Å². The van der Waals surface area contributed by atoms with Crippen molar-refractivity contribution in [3.05, 3.63) is 51.7 Å². The zero-order chi connectivity index (χ0) is 13.8. The second-order valence-corrected chi connectivity index (χ2v) is 5.02. The van der Waals surface area contributed by atoms with Gasteiger partial charge >= 0.3 is 5.97 Å². The van der Waals surface area contributed by atoms with Crippen LogP contribution in [0.25, 0.3) is 0 Å². The van der Waals surface area contributed by atoms with E-state index in [0.29, 0.717) is 11.3 Å². The predicted octanol–water partition coefficient (Wildman–Crippen LogP) is 3.17. The Balaban J connectivity index is 2.24. The molecule has 1 aromatic carbocycles. The van der Waals surface area contributed by atoms with Gasteiger partial charge in [0.05, 0.1) is 11.6 Å². The maximum absolute atomic E-state index is 11.4. The normalized spacial score (nSPS) is 11.6. The van der Waals surface area contributed by atoms with E-state index in [-0.39, 0.29) is 0 Å². The second kappa shape index (κ2) is 5.55. The summed E-state index contributed by atoms with van der Waals surface area (Å²) in [6.07, 6.45) is 0. The van der Waals surface area contributed by atoms with E-state index in [1.807, 2.05) is 24.4 Å². The van der Waals surface area contributed by atoms with Crippen LogP contribution in [-0.4, -0.2) is 11.1 Å². The number of aliphatic carboxylic acids is 1. The van der Waals surface area contributed by atoms with Crippen LogP contribution >= 0.6 is 11.3 Å². The summed E-state index contributed by atoms with van der Waals surface area (Å²) in [6, 6.07) is 9.88. The molecule has 2 aromatic rings. The first-order valence-corrected chi connectivity index (χ1v) is 6.53. The number of nitrogens with zero attached hydrogens (tertiary/aromatic N) is 1. The van der Waals surface area contributed by atoms with Gasteiger partial charge in [0, 0.05) is 10.6 Å². The van der Waals surface area contributed by atoms with Crippen LogP contribution in [0.4, 0.5) is 5.69 Å². The third kappa shape index (κ3) is 2.92. The van der Waals surface area contributed by atoms with Crippen LogP contribution in [0.1, 0.15) is 22.0 Å². The molecule has 0 saturated carbocycles. The number of carbonyl (C=O) groups is 1. The predicted molar refractivity (Wildman–Crippen MR) is 74.2 cm³/mol. The summed E-state index contributed by atoms with van der Waals surface area (Å²) in [7, 11) is 0. The summed E-state index contributed by atoms with van der Waals surface area (Å²) >= 11 is 1.42. The fourth-order valence-electron chi connectivity index (χ4n) is 1.73. The summed E-state index contributed by atoms with van der Waals surface area (Å²) in [4.78, 5) is 12.2. The maximum atomic E-state index is 11.4. The van der Waals surface area contributed by atoms with Crippen molar-refractivity contribution in [1.82, 2.24) is 0 Å². The SMILES string of the molecule is Cc1ccsc1C(Nc1ccc(C#N)cc1)C(=O)O. The Labute approximate surface area is 114 Å². The molecular weight excluding hydrogens is 260 g/mol. The summed E-state index contributed by atoms with van der Waals surface area (Å²) in [5, 5.41) is 22.9. The van der Waals surface area contributed by atoms with E-state index >= 15 is 0 Å². The van der Waals surface area contributed by atoms with Crippen LogP contribution in [0, 0.1) is 18.3 Å². The Kier molecular flexibility index (Phi) is 3.83. The molecular formula is C14H12N2O2S. The van der Waals surface area contributed by atoms with Crippen molar-refractivity contribution < 1.29 is 9.90 Å². The Morgan fingerprint density at radius 1 is 1.37 bits per heavy atom. The van der Waals surface area contributed by atoms with Gasteiger partial charge in [0.15, 0.2) is 6.04 Å². The average molecular weight is 272 g/mol. The van der Waals surface area contributed by atoms with Crippen LogP contribution in [-0.2, 0) is 4.79 Å². The minimum absolute atomic E-state index is 0.546. The van der Waals surface area contributed by atoms with E-state index in [1.54, 1.807) is 24.3 Å². The largest absolute Gasteiger partial charge is 0.479 e. The fourth-order valence-corrected chi connectivity index (χ4v) is 2.70. The minimum Gasteiger partial charge on any atom is -0.479 e. The highest BCUT2D eigenvalue weighted by atomic mass is 32.1. The van der Waals surface area contributed by atoms with Crippen LogP contribution in [0.5, 0.6) is 0 Å². The quantitative estimate of drug-likeness (QED) is 0.896. The van der Waals surface area contributed by atoms with Crippen molar-refractivity contribution in [2.75, 3.05) is 5.32 Å². The number of nitriles is 1. The van der Waals surface area contributed by atoms with Gasteiger partial charge in [0.1, 0.15) is 0 Å². The van der Waals surface area contributed by atoms with Crippen molar-refractivity contribution in [1.29, 1.82) is 5.26 Å². The van der Waals surface area contributed by atoms with Crippen molar-refractivity contribution >= 4 is 23.0 Å². The number of hydrogen-bond acceptors (Lipinski definition) is 4. The number of hydrogen-bond donors (Lipinski definition) is 2. The molecule has 0 saturated heterocycles. The summed E-state index contributed by atoms with van der Waals surface area (Å²) in [5.41, 5.74) is 2.18. The maximum Gasteiger partial charge on any atom is 0.331 e. The monoisotopic (exact) mass is 272 g/mol. The zero-order valence-corrected chi connectivity index (χ0v) is 11.1. The molecule has 1 aromatic heterocycles. The molecule has 1 atom stereocenters. The Morgan fingerprint density at radius 2 is 2.05 bits per heavy atom. The average Bonchev–Trinajstić information content (AvgIpc) is 2.82. The molecule has 0 aliphatic carbocycles. The van der Waals surface area contributed by atoms with Gasteiger partial charge in [-0.15, -0.1) is 11.3 Å². The number of anilines is 1. The minimum atomic E-state index is -0.921. The molecule has 2 N–H and O–H groups in total. The molecule has 19 heavy (non-hydrogen) atoms. The first-order chi connectivity index (χ1) is 9.11. The Bertz CT molecular complexity index is 626. The molecule has 2 rings (SSSR count). The molecule has 5 heteroatoms. The lowest BCUT2D eigenvalue weighted by molar-refractivity contribution is -0.138. The number of benzene rings is 1. The topological polar surface area (TPSA) is 73.1 Å². The van der Waals surface area contributed by atoms with Crippen LogP contribution in [0.15, 0.2) is 35.7 Å². The lowest BCUT2D eigenvalue weighted by Gasteiger charge is -2.15. The third-order valence-corrected chi connectivity index (χ3v) is 3.82. The Hall–Kier alpha value is -2.32. The molecule has 0 amide bonds. The second-order valence-electron chi connectivity index (χ2n) is 4.07. The number of rotatable bonds is 4. The van der Waals surface area contributed by atoms with E-state index in [1.165, 1.54) is 11.3 Å². The number of nitrogens with one attached hydrogen (secondary N) is 1. The lowest BCUT2D eigenvalue weighted by atomic mass is 10.1. The first kappa shape index (κ1) is 13.1. The van der Waals surface area contributed by atoms with Gasteiger partial charge < -0.3 is 10.4 Å². The zero-order valence-electron chi connectivity index (χ0n) is 10.3. The van der Waals surface area contributed by atoms with Gasteiger partial charge in [-0.05, 0) is 48.2 Å². The lowest BCUT2D eigenvalue weighted by Crippen LogP contribution is -2.20. The molecule has 0 fully saturated rings. The van der Waals surface area contributed by atoms with Gasteiger partial charge in [-0.2, -0.15) is 5.26 Å². The van der Waals surface area contributed by atoms with Crippen molar-refractivity contribution in [2.45, 2.75) is 13.0 Å².